The average Bonchev–Trinajstić information content (AvgIpc) is 3.36. The van der Waals surface area contributed by atoms with E-state index in [1.54, 1.807) is 0 Å². The molecule has 5 amide bonds. The normalized spacial score (nSPS) is 20.5. The Morgan fingerprint density at radius 1 is 0.838 bits per heavy atom. The molecule has 10 nitrogen and oxygen atoms in total. The molecule has 2 rings (SSSR count). The predicted octanol–water partition coefficient (Wildman–Crippen LogP) is 3.20. The van der Waals surface area contributed by atoms with Gasteiger partial charge in [0.25, 0.3) is 0 Å². The number of hydrogen-bond acceptors (Lipinski definition) is 6. The summed E-state index contributed by atoms with van der Waals surface area (Å²) in [7, 11) is 0. The van der Waals surface area contributed by atoms with E-state index in [2.05, 4.69) is 26.6 Å². The van der Waals surface area contributed by atoms with Gasteiger partial charge in [0.2, 0.25) is 11.8 Å². The summed E-state index contributed by atoms with van der Waals surface area (Å²) in [5.74, 6) is 1.12. The number of urea groups is 1. The van der Waals surface area contributed by atoms with Gasteiger partial charge in [0.05, 0.1) is 12.1 Å². The molecule has 37 heavy (non-hydrogen) atoms. The minimum absolute atomic E-state index is 0.0569. The van der Waals surface area contributed by atoms with Gasteiger partial charge in [0.15, 0.2) is 0 Å². The van der Waals surface area contributed by atoms with Gasteiger partial charge in [-0.15, -0.1) is 0 Å². The van der Waals surface area contributed by atoms with E-state index in [4.69, 9.17) is 4.74 Å². The van der Waals surface area contributed by atoms with Gasteiger partial charge < -0.3 is 31.3 Å². The zero-order valence-corrected chi connectivity index (χ0v) is 23.6. The number of amides is 5. The summed E-state index contributed by atoms with van der Waals surface area (Å²) in [4.78, 5) is 46.9. The third-order valence-corrected chi connectivity index (χ3v) is 7.84. The predicted molar refractivity (Wildman–Crippen MR) is 147 cm³/mol. The number of hydrogen-bond donors (Lipinski definition) is 5. The number of carbonyl (C=O) groups is 4. The first-order chi connectivity index (χ1) is 17.6. The molecule has 2 aliphatic heterocycles. The maximum atomic E-state index is 12.0. The van der Waals surface area contributed by atoms with E-state index in [-0.39, 0.29) is 29.9 Å². The van der Waals surface area contributed by atoms with Crippen molar-refractivity contribution < 1.29 is 23.9 Å². The highest BCUT2D eigenvalue weighted by Crippen LogP contribution is 2.33. The Morgan fingerprint density at radius 3 is 2.03 bits per heavy atom. The van der Waals surface area contributed by atoms with Gasteiger partial charge >= 0.3 is 12.1 Å². The molecule has 0 spiro atoms. The Labute approximate surface area is 225 Å². The van der Waals surface area contributed by atoms with Gasteiger partial charge in [-0.1, -0.05) is 12.8 Å². The molecule has 0 aromatic rings. The zero-order chi connectivity index (χ0) is 27.1. The van der Waals surface area contributed by atoms with Crippen molar-refractivity contribution in [1.29, 1.82) is 0 Å². The smallest absolute Gasteiger partial charge is 0.407 e. The van der Waals surface area contributed by atoms with Gasteiger partial charge in [-0.3, -0.25) is 9.59 Å². The molecule has 0 aromatic heterocycles. The van der Waals surface area contributed by atoms with Crippen LogP contribution in [0.25, 0.3) is 0 Å². The van der Waals surface area contributed by atoms with Gasteiger partial charge in [0.1, 0.15) is 5.60 Å². The summed E-state index contributed by atoms with van der Waals surface area (Å²) in [6.07, 6.45) is 8.76. The van der Waals surface area contributed by atoms with Crippen LogP contribution in [0.15, 0.2) is 0 Å². The lowest BCUT2D eigenvalue weighted by atomic mass is 10.0. The summed E-state index contributed by atoms with van der Waals surface area (Å²) in [6, 6.07) is 0.426. The molecule has 0 aliphatic carbocycles. The van der Waals surface area contributed by atoms with Crippen molar-refractivity contribution in [2.75, 3.05) is 25.4 Å². The fraction of sp³-hybridized carbons (Fsp3) is 0.846. The number of fused-ring (bicyclic) bond motifs is 1. The summed E-state index contributed by atoms with van der Waals surface area (Å²) in [6.45, 7) is 7.36. The van der Waals surface area contributed by atoms with Crippen molar-refractivity contribution in [2.24, 2.45) is 0 Å². The lowest BCUT2D eigenvalue weighted by molar-refractivity contribution is -0.122. The third kappa shape index (κ3) is 13.8. The standard InChI is InChI=1S/C26H47N5O5S/c1-26(2,3)36-25(35)29-17-11-5-10-16-28-21(32)13-6-4-9-15-27-22(33)14-8-7-12-20-23-19(18-37-20)30-24(34)31-23/h19-20,23H,4-18H2,1-3H3,(H,27,33)(H,28,32)(H,29,35)(H2,30,31,34)/t19-,20-,23-/m0/s1. The quantitative estimate of drug-likeness (QED) is 0.142. The first kappa shape index (κ1) is 31.1. The van der Waals surface area contributed by atoms with Crippen molar-refractivity contribution >= 4 is 35.7 Å². The molecule has 5 N–H and O–H groups in total. The summed E-state index contributed by atoms with van der Waals surface area (Å²) < 4.78 is 5.18. The van der Waals surface area contributed by atoms with E-state index in [1.807, 2.05) is 32.5 Å². The molecule has 0 bridgehead atoms. The topological polar surface area (TPSA) is 138 Å². The Morgan fingerprint density at radius 2 is 1.41 bits per heavy atom. The molecule has 2 aliphatic rings. The van der Waals surface area contributed by atoms with Crippen molar-refractivity contribution in [1.82, 2.24) is 26.6 Å². The van der Waals surface area contributed by atoms with Gasteiger partial charge in [0, 0.05) is 43.5 Å². The number of ether oxygens (including phenoxy) is 1. The van der Waals surface area contributed by atoms with Gasteiger partial charge in [-0.2, -0.15) is 11.8 Å². The number of alkyl carbamates (subject to hydrolysis) is 1. The minimum Gasteiger partial charge on any atom is -0.444 e. The third-order valence-electron chi connectivity index (χ3n) is 6.33. The van der Waals surface area contributed by atoms with Crippen LogP contribution >= 0.6 is 11.8 Å². The first-order valence-corrected chi connectivity index (χ1v) is 14.9. The second-order valence-corrected chi connectivity index (χ2v) is 12.1. The molecule has 0 aromatic carbocycles. The maximum absolute atomic E-state index is 12.0. The van der Waals surface area contributed by atoms with E-state index in [9.17, 15) is 19.2 Å². The van der Waals surface area contributed by atoms with Crippen LogP contribution in [0.4, 0.5) is 9.59 Å². The summed E-state index contributed by atoms with van der Waals surface area (Å²) in [5, 5.41) is 15.0. The largest absolute Gasteiger partial charge is 0.444 e. The Hall–Kier alpha value is -2.17. The van der Waals surface area contributed by atoms with Crippen LogP contribution in [0, 0.1) is 0 Å². The summed E-state index contributed by atoms with van der Waals surface area (Å²) in [5.41, 5.74) is -0.488. The molecule has 2 fully saturated rings. The zero-order valence-electron chi connectivity index (χ0n) is 22.8. The van der Waals surface area contributed by atoms with Crippen molar-refractivity contribution in [3.8, 4) is 0 Å². The lowest BCUT2D eigenvalue weighted by Gasteiger charge is -2.19. The number of rotatable bonds is 17. The monoisotopic (exact) mass is 541 g/mol. The number of carbonyl (C=O) groups excluding carboxylic acids is 4. The highest BCUT2D eigenvalue weighted by atomic mass is 32.2. The van der Waals surface area contributed by atoms with E-state index >= 15 is 0 Å². The van der Waals surface area contributed by atoms with Crippen LogP contribution in [-0.2, 0) is 14.3 Å². The highest BCUT2D eigenvalue weighted by molar-refractivity contribution is 8.00. The average molecular weight is 542 g/mol. The molecule has 2 saturated heterocycles. The Kier molecular flexibility index (Phi) is 14.0. The van der Waals surface area contributed by atoms with Crippen LogP contribution in [0.2, 0.25) is 0 Å². The Bertz CT molecular complexity index is 745. The second-order valence-electron chi connectivity index (χ2n) is 10.9. The molecule has 212 valence electrons. The molecule has 2 heterocycles. The van der Waals surface area contributed by atoms with Gasteiger partial charge in [-0.25, -0.2) is 9.59 Å². The van der Waals surface area contributed by atoms with Crippen LogP contribution in [0.3, 0.4) is 0 Å². The number of unbranched alkanes of at least 4 members (excludes halogenated alkanes) is 5. The SMILES string of the molecule is CC(C)(C)OC(=O)NCCCCCNC(=O)CCCCCNC(=O)CCCC[C@@H]1SC[C@@H]2NC(=O)N[C@@H]21. The fourth-order valence-electron chi connectivity index (χ4n) is 4.43. The Balaban J connectivity index is 1.33. The van der Waals surface area contributed by atoms with Crippen LogP contribution in [-0.4, -0.2) is 72.3 Å². The van der Waals surface area contributed by atoms with Crippen molar-refractivity contribution in [3.05, 3.63) is 0 Å². The molecular formula is C26H47N5O5S. The molecular weight excluding hydrogens is 494 g/mol. The first-order valence-electron chi connectivity index (χ1n) is 13.8. The van der Waals surface area contributed by atoms with Crippen molar-refractivity contribution in [2.45, 2.75) is 114 Å². The number of nitrogens with one attached hydrogen (secondary N) is 5. The van der Waals surface area contributed by atoms with Crippen LogP contribution in [0.1, 0.15) is 91.4 Å². The van der Waals surface area contributed by atoms with Crippen molar-refractivity contribution in [3.63, 3.8) is 0 Å². The molecule has 0 radical (unpaired) electrons. The second kappa shape index (κ2) is 16.6. The molecule has 0 saturated carbocycles. The van der Waals surface area contributed by atoms with E-state index < -0.39 is 11.7 Å². The van der Waals surface area contributed by atoms with E-state index in [0.29, 0.717) is 37.7 Å². The number of thioether (sulfide) groups is 1. The maximum Gasteiger partial charge on any atom is 0.407 e. The highest BCUT2D eigenvalue weighted by Gasteiger charge is 2.42. The fourth-order valence-corrected chi connectivity index (χ4v) is 5.97. The molecule has 11 heteroatoms. The van der Waals surface area contributed by atoms with E-state index in [0.717, 1.165) is 63.5 Å². The lowest BCUT2D eigenvalue weighted by Crippen LogP contribution is -2.36. The summed E-state index contributed by atoms with van der Waals surface area (Å²) >= 11 is 1.91. The minimum atomic E-state index is -0.488. The molecule has 0 unspecified atom stereocenters. The van der Waals surface area contributed by atoms with Gasteiger partial charge in [-0.05, 0) is 65.7 Å². The van der Waals surface area contributed by atoms with Crippen LogP contribution in [0.5, 0.6) is 0 Å². The molecule has 3 atom stereocenters. The van der Waals surface area contributed by atoms with E-state index in [1.165, 1.54) is 0 Å². The van der Waals surface area contributed by atoms with Crippen LogP contribution < -0.4 is 26.6 Å².